The van der Waals surface area contributed by atoms with Gasteiger partial charge in [-0.2, -0.15) is 0 Å². The molecule has 0 spiro atoms. The van der Waals surface area contributed by atoms with Crippen LogP contribution in [0.25, 0.3) is 0 Å². The molecule has 0 bridgehead atoms. The first-order chi connectivity index (χ1) is 13.7. The van der Waals surface area contributed by atoms with Crippen molar-refractivity contribution in [3.63, 3.8) is 0 Å². The zero-order chi connectivity index (χ0) is 19.7. The van der Waals surface area contributed by atoms with Crippen molar-refractivity contribution < 1.29 is 18.9 Å². The van der Waals surface area contributed by atoms with Gasteiger partial charge in [0, 0.05) is 0 Å². The number of rotatable bonds is 5. The van der Waals surface area contributed by atoms with Gasteiger partial charge in [-0.1, -0.05) is 0 Å². The number of methoxy groups -OCH3 is 4. The van der Waals surface area contributed by atoms with Crippen LogP contribution in [-0.4, -0.2) is 41.5 Å². The molecule has 2 aromatic rings. The highest BCUT2D eigenvalue weighted by Gasteiger charge is 2.33. The Morgan fingerprint density at radius 2 is 0.964 bits per heavy atom. The summed E-state index contributed by atoms with van der Waals surface area (Å²) in [5.41, 5.74) is 5.11. The van der Waals surface area contributed by atoms with E-state index in [1.54, 1.807) is 28.4 Å². The van der Waals surface area contributed by atoms with E-state index in [0.717, 1.165) is 48.9 Å². The Bertz CT molecular complexity index is 797. The van der Waals surface area contributed by atoms with Crippen molar-refractivity contribution >= 4 is 0 Å². The van der Waals surface area contributed by atoms with E-state index >= 15 is 0 Å². The van der Waals surface area contributed by atoms with Gasteiger partial charge in [0.1, 0.15) is 0 Å². The second-order valence-electron chi connectivity index (χ2n) is 7.18. The molecule has 0 fully saturated rings. The van der Waals surface area contributed by atoms with E-state index < -0.39 is 0 Å². The van der Waals surface area contributed by atoms with Gasteiger partial charge in [-0.15, -0.1) is 0 Å². The molecule has 0 saturated carbocycles. The summed E-state index contributed by atoms with van der Waals surface area (Å²) < 4.78 is 22.1. The lowest BCUT2D eigenvalue weighted by molar-refractivity contribution is 0.334. The zero-order valence-corrected chi connectivity index (χ0v) is 16.9. The summed E-state index contributed by atoms with van der Waals surface area (Å²) in [5.74, 6) is 3.09. The van der Waals surface area contributed by atoms with Gasteiger partial charge in [-0.25, -0.2) is 0 Å². The first kappa shape index (κ1) is 18.9. The average Bonchev–Trinajstić information content (AvgIpc) is 2.76. The second-order valence-corrected chi connectivity index (χ2v) is 7.18. The molecule has 4 rings (SSSR count). The van der Waals surface area contributed by atoms with E-state index in [1.165, 1.54) is 22.3 Å². The Hall–Kier alpha value is -2.44. The van der Waals surface area contributed by atoms with Crippen LogP contribution in [0.5, 0.6) is 23.0 Å². The lowest BCUT2D eigenvalue weighted by atomic mass is 9.82. The SMILES string of the molecule is COc1cc2c(cc1OC)[C@@H]([C@H]1NCCc3cc(OC)c(OC)cc31)NCC2. The third-order valence-electron chi connectivity index (χ3n) is 5.81. The third-order valence-corrected chi connectivity index (χ3v) is 5.81. The molecule has 2 aliphatic heterocycles. The molecule has 0 aliphatic carbocycles. The minimum atomic E-state index is 0.140. The van der Waals surface area contributed by atoms with Gasteiger partial charge in [-0.05, 0) is 72.5 Å². The average molecular weight is 384 g/mol. The van der Waals surface area contributed by atoms with E-state index in [0.29, 0.717) is 0 Å². The normalized spacial score (nSPS) is 20.7. The van der Waals surface area contributed by atoms with Crippen molar-refractivity contribution in [3.8, 4) is 23.0 Å². The van der Waals surface area contributed by atoms with Crippen molar-refractivity contribution in [1.29, 1.82) is 0 Å². The van der Waals surface area contributed by atoms with Gasteiger partial charge in [0.2, 0.25) is 0 Å². The summed E-state index contributed by atoms with van der Waals surface area (Å²) in [4.78, 5) is 0. The number of hydrogen-bond donors (Lipinski definition) is 2. The number of fused-ring (bicyclic) bond motifs is 2. The molecule has 0 saturated heterocycles. The predicted molar refractivity (Wildman–Crippen MR) is 108 cm³/mol. The van der Waals surface area contributed by atoms with Crippen molar-refractivity contribution in [2.45, 2.75) is 24.9 Å². The molecule has 28 heavy (non-hydrogen) atoms. The molecule has 0 aromatic heterocycles. The summed E-state index contributed by atoms with van der Waals surface area (Å²) in [6.45, 7) is 1.85. The molecule has 0 unspecified atom stereocenters. The fourth-order valence-electron chi connectivity index (χ4n) is 4.43. The van der Waals surface area contributed by atoms with Crippen LogP contribution in [0.4, 0.5) is 0 Å². The maximum atomic E-state index is 5.56. The standard InChI is InChI=1S/C22H28N2O4/c1-25-17-9-13-5-7-23-21(15(13)11-19(17)27-3)22-16-12-20(28-4)18(26-2)10-14(16)6-8-24-22/h9-12,21-24H,5-8H2,1-4H3/t21-,22-/m0/s1. The lowest BCUT2D eigenvalue weighted by Crippen LogP contribution is -2.42. The molecule has 0 amide bonds. The molecule has 0 radical (unpaired) electrons. The van der Waals surface area contributed by atoms with E-state index in [9.17, 15) is 0 Å². The highest BCUT2D eigenvalue weighted by molar-refractivity contribution is 5.53. The smallest absolute Gasteiger partial charge is 0.161 e. The Balaban J connectivity index is 1.78. The predicted octanol–water partition coefficient (Wildman–Crippen LogP) is 2.79. The Labute approximate surface area is 166 Å². The number of ether oxygens (including phenoxy) is 4. The van der Waals surface area contributed by atoms with E-state index in [1.807, 2.05) is 0 Å². The van der Waals surface area contributed by atoms with Crippen LogP contribution in [0.15, 0.2) is 24.3 Å². The van der Waals surface area contributed by atoms with Crippen LogP contribution in [0.2, 0.25) is 0 Å². The Kier molecular flexibility index (Phi) is 5.33. The Morgan fingerprint density at radius 3 is 1.32 bits per heavy atom. The van der Waals surface area contributed by atoms with Gasteiger partial charge >= 0.3 is 0 Å². The molecule has 150 valence electrons. The highest BCUT2D eigenvalue weighted by Crippen LogP contribution is 2.43. The quantitative estimate of drug-likeness (QED) is 0.827. The van der Waals surface area contributed by atoms with Crippen LogP contribution >= 0.6 is 0 Å². The van der Waals surface area contributed by atoms with Crippen molar-refractivity contribution in [1.82, 2.24) is 10.6 Å². The maximum absolute atomic E-state index is 5.56. The van der Waals surface area contributed by atoms with Crippen LogP contribution in [0.3, 0.4) is 0 Å². The van der Waals surface area contributed by atoms with Crippen molar-refractivity contribution in [2.24, 2.45) is 0 Å². The second kappa shape index (κ2) is 7.89. The number of benzene rings is 2. The summed E-state index contributed by atoms with van der Waals surface area (Å²) >= 11 is 0. The number of hydrogen-bond acceptors (Lipinski definition) is 6. The van der Waals surface area contributed by atoms with Crippen LogP contribution in [0.1, 0.15) is 34.3 Å². The van der Waals surface area contributed by atoms with E-state index in [2.05, 4.69) is 34.9 Å². The molecule has 2 aliphatic rings. The van der Waals surface area contributed by atoms with Crippen molar-refractivity contribution in [3.05, 3.63) is 46.5 Å². The largest absolute Gasteiger partial charge is 0.493 e. The molecular weight excluding hydrogens is 356 g/mol. The molecule has 6 nitrogen and oxygen atoms in total. The van der Waals surface area contributed by atoms with E-state index in [4.69, 9.17) is 18.9 Å². The Morgan fingerprint density at radius 1 is 0.607 bits per heavy atom. The number of nitrogens with one attached hydrogen (secondary N) is 2. The molecule has 2 atom stereocenters. The molecule has 6 heteroatoms. The van der Waals surface area contributed by atoms with Gasteiger partial charge in [0.15, 0.2) is 23.0 Å². The third kappa shape index (κ3) is 3.16. The molecule has 2 N–H and O–H groups in total. The lowest BCUT2D eigenvalue weighted by Gasteiger charge is -2.38. The minimum absolute atomic E-state index is 0.140. The fourth-order valence-corrected chi connectivity index (χ4v) is 4.43. The summed E-state index contributed by atoms with van der Waals surface area (Å²) in [6, 6.07) is 8.73. The fraction of sp³-hybridized carbons (Fsp3) is 0.455. The highest BCUT2D eigenvalue weighted by atomic mass is 16.5. The monoisotopic (exact) mass is 384 g/mol. The maximum Gasteiger partial charge on any atom is 0.161 e. The van der Waals surface area contributed by atoms with Crippen LogP contribution in [-0.2, 0) is 12.8 Å². The van der Waals surface area contributed by atoms with Gasteiger partial charge in [-0.3, -0.25) is 0 Å². The summed E-state index contributed by atoms with van der Waals surface area (Å²) in [7, 11) is 6.73. The zero-order valence-electron chi connectivity index (χ0n) is 16.9. The molecular formula is C22H28N2O4. The van der Waals surface area contributed by atoms with Crippen LogP contribution in [0, 0.1) is 0 Å². The van der Waals surface area contributed by atoms with Crippen molar-refractivity contribution in [2.75, 3.05) is 41.5 Å². The summed E-state index contributed by atoms with van der Waals surface area (Å²) in [6.07, 6.45) is 1.94. The van der Waals surface area contributed by atoms with E-state index in [-0.39, 0.29) is 12.1 Å². The first-order valence-corrected chi connectivity index (χ1v) is 9.66. The van der Waals surface area contributed by atoms with Gasteiger partial charge in [0.25, 0.3) is 0 Å². The van der Waals surface area contributed by atoms with Crippen LogP contribution < -0.4 is 29.6 Å². The van der Waals surface area contributed by atoms with Gasteiger partial charge in [0.05, 0.1) is 40.5 Å². The topological polar surface area (TPSA) is 61.0 Å². The molecule has 2 heterocycles. The minimum Gasteiger partial charge on any atom is -0.493 e. The molecule has 2 aromatic carbocycles. The van der Waals surface area contributed by atoms with Gasteiger partial charge < -0.3 is 29.6 Å². The first-order valence-electron chi connectivity index (χ1n) is 9.66. The summed E-state index contributed by atoms with van der Waals surface area (Å²) in [5, 5.41) is 7.42.